The third kappa shape index (κ3) is 7.78. The number of allylic oxidation sites excluding steroid dienone is 2. The van der Waals surface area contributed by atoms with E-state index in [9.17, 15) is 21.4 Å². The molecule has 0 saturated heterocycles. The van der Waals surface area contributed by atoms with Gasteiger partial charge in [0.25, 0.3) is 25.2 Å². The molecule has 2 heterocycles. The summed E-state index contributed by atoms with van der Waals surface area (Å²) in [6.07, 6.45) is 5.72. The number of aromatic nitrogens is 1. The molecular weight excluding hydrogens is 687 g/mol. The van der Waals surface area contributed by atoms with Crippen LogP contribution in [0.5, 0.6) is 0 Å². The van der Waals surface area contributed by atoms with Gasteiger partial charge in [0.05, 0.1) is 27.6 Å². The number of anilines is 1. The van der Waals surface area contributed by atoms with Crippen molar-refractivity contribution in [1.82, 2.24) is 5.48 Å². The molecule has 5 aromatic rings. The number of aryl methyl sites for hydroxylation is 1. The predicted octanol–water partition coefficient (Wildman–Crippen LogP) is 7.28. The van der Waals surface area contributed by atoms with Crippen molar-refractivity contribution >= 4 is 86.9 Å². The Kier molecular flexibility index (Phi) is 10.6. The Labute approximate surface area is 289 Å². The molecule has 1 aliphatic rings. The summed E-state index contributed by atoms with van der Waals surface area (Å²) in [4.78, 5) is 3.32. The Hall–Kier alpha value is -3.30. The maximum Gasteiger partial charge on any atom is 0.283 e. The first-order valence-electron chi connectivity index (χ1n) is 15.9. The standard InChI is InChI=1S/C35H37N3O6S4/c1-3-25(23-32-37(19-9-21-47(39,40)41)34-28-13-7-5-11-26(28)15-17-30(34)45-32)24-33-38(20-10-22-48(42,43)44-36-4-2)35-29-14-8-6-12-27(29)16-18-31(35)46-33/h5-8,11-18,23-24,36H,3-4,9-10,19-22H2,1-2H3/p+1. The minimum Gasteiger partial charge on any atom is -0.334 e. The minimum atomic E-state index is -4.09. The molecule has 0 radical (unpaired) electrons. The van der Waals surface area contributed by atoms with Crippen molar-refractivity contribution in [3.63, 3.8) is 0 Å². The SMILES string of the molecule is CCNOS(=O)(=O)CCCN1/C(=C/C(=C/c2sc3ccc4ccccc4c3[n+]2CCCS(=O)(=O)O)CC)Sc2ccc3ccccc3c21. The van der Waals surface area contributed by atoms with Gasteiger partial charge in [-0.25, -0.2) is 0 Å². The first kappa shape index (κ1) is 34.6. The third-order valence-electron chi connectivity index (χ3n) is 8.14. The number of thioether (sulfide) groups is 1. The van der Waals surface area contributed by atoms with E-state index in [0.717, 1.165) is 64.4 Å². The monoisotopic (exact) mass is 724 g/mol. The number of fused-ring (bicyclic) bond motifs is 6. The molecule has 252 valence electrons. The Balaban J connectivity index is 1.40. The van der Waals surface area contributed by atoms with Crippen molar-refractivity contribution < 1.29 is 30.2 Å². The van der Waals surface area contributed by atoms with E-state index in [0.29, 0.717) is 26.1 Å². The van der Waals surface area contributed by atoms with Crippen LogP contribution in [0.1, 0.15) is 38.1 Å². The lowest BCUT2D eigenvalue weighted by molar-refractivity contribution is -0.667. The summed E-state index contributed by atoms with van der Waals surface area (Å²) in [7, 11) is -7.81. The highest BCUT2D eigenvalue weighted by atomic mass is 32.2. The number of hydroxylamine groups is 1. The second-order valence-electron chi connectivity index (χ2n) is 11.5. The molecule has 0 saturated carbocycles. The predicted molar refractivity (Wildman–Crippen MR) is 197 cm³/mol. The lowest BCUT2D eigenvalue weighted by atomic mass is 10.1. The van der Waals surface area contributed by atoms with Gasteiger partial charge in [-0.2, -0.15) is 31.2 Å². The third-order valence-corrected chi connectivity index (χ3v) is 12.3. The summed E-state index contributed by atoms with van der Waals surface area (Å²) in [5, 5.41) is 6.38. The van der Waals surface area contributed by atoms with E-state index in [1.165, 1.54) is 0 Å². The average Bonchev–Trinajstić information content (AvgIpc) is 3.60. The zero-order chi connectivity index (χ0) is 33.9. The van der Waals surface area contributed by atoms with Crippen molar-refractivity contribution in [1.29, 1.82) is 0 Å². The molecule has 9 nitrogen and oxygen atoms in total. The van der Waals surface area contributed by atoms with Gasteiger partial charge >= 0.3 is 0 Å². The van der Waals surface area contributed by atoms with Crippen LogP contribution in [0.25, 0.3) is 37.8 Å². The molecule has 0 aliphatic carbocycles. The Morgan fingerprint density at radius 1 is 0.917 bits per heavy atom. The van der Waals surface area contributed by atoms with Gasteiger partial charge in [-0.1, -0.05) is 91.5 Å². The summed E-state index contributed by atoms with van der Waals surface area (Å²) >= 11 is 3.32. The topological polar surface area (TPSA) is 117 Å². The minimum absolute atomic E-state index is 0.121. The van der Waals surface area contributed by atoms with Gasteiger partial charge in [0.1, 0.15) is 4.70 Å². The molecule has 6 rings (SSSR count). The molecule has 0 atom stereocenters. The number of hydrogen-bond acceptors (Lipinski definition) is 9. The zero-order valence-corrected chi connectivity index (χ0v) is 30.0. The van der Waals surface area contributed by atoms with E-state index < -0.39 is 20.2 Å². The molecule has 0 unspecified atom stereocenters. The van der Waals surface area contributed by atoms with E-state index in [1.807, 2.05) is 24.3 Å². The first-order valence-corrected chi connectivity index (χ1v) is 20.7. The number of thiazole rings is 1. The van der Waals surface area contributed by atoms with Crippen molar-refractivity contribution in [3.05, 3.63) is 94.5 Å². The highest BCUT2D eigenvalue weighted by molar-refractivity contribution is 8.03. The van der Waals surface area contributed by atoms with E-state index in [4.69, 9.17) is 4.28 Å². The molecule has 1 aliphatic heterocycles. The van der Waals surface area contributed by atoms with Crippen LogP contribution in [0.4, 0.5) is 5.69 Å². The maximum absolute atomic E-state index is 12.5. The lowest BCUT2D eigenvalue weighted by Crippen LogP contribution is -2.36. The quantitative estimate of drug-likeness (QED) is 0.0693. The summed E-state index contributed by atoms with van der Waals surface area (Å²) in [5.41, 5.74) is 5.63. The number of nitrogens with zero attached hydrogens (tertiary/aromatic N) is 2. The summed E-state index contributed by atoms with van der Waals surface area (Å²) in [6.45, 7) is 5.17. The molecule has 0 spiro atoms. The molecule has 0 fully saturated rings. The average molecular weight is 725 g/mol. The molecule has 48 heavy (non-hydrogen) atoms. The molecule has 2 N–H and O–H groups in total. The number of benzene rings is 4. The van der Waals surface area contributed by atoms with E-state index in [1.54, 1.807) is 30.0 Å². The van der Waals surface area contributed by atoms with Crippen LogP contribution >= 0.6 is 23.1 Å². The molecule has 0 amide bonds. The highest BCUT2D eigenvalue weighted by Gasteiger charge is 2.28. The van der Waals surface area contributed by atoms with E-state index in [2.05, 4.69) is 82.6 Å². The van der Waals surface area contributed by atoms with Gasteiger partial charge in [-0.15, -0.1) is 0 Å². The first-order chi connectivity index (χ1) is 23.1. The van der Waals surface area contributed by atoms with Gasteiger partial charge in [0, 0.05) is 35.9 Å². The van der Waals surface area contributed by atoms with Crippen molar-refractivity contribution in [3.8, 4) is 0 Å². The van der Waals surface area contributed by atoms with E-state index in [-0.39, 0.29) is 17.9 Å². The number of nitrogens with one attached hydrogen (secondary N) is 1. The number of rotatable bonds is 14. The fraction of sp³-hybridized carbons (Fsp3) is 0.286. The van der Waals surface area contributed by atoms with Gasteiger partial charge in [0.15, 0.2) is 6.54 Å². The maximum atomic E-state index is 12.5. The largest absolute Gasteiger partial charge is 0.334 e. The number of hydrogen-bond donors (Lipinski definition) is 2. The van der Waals surface area contributed by atoms with Gasteiger partial charge in [-0.05, 0) is 53.5 Å². The van der Waals surface area contributed by atoms with Gasteiger partial charge in [0.2, 0.25) is 5.52 Å². The summed E-state index contributed by atoms with van der Waals surface area (Å²) < 4.78 is 65.7. The van der Waals surface area contributed by atoms with Crippen molar-refractivity contribution in [2.75, 3.05) is 29.5 Å². The van der Waals surface area contributed by atoms with Crippen LogP contribution in [0.3, 0.4) is 0 Å². The molecule has 4 aromatic carbocycles. The van der Waals surface area contributed by atoms with Crippen molar-refractivity contribution in [2.45, 2.75) is 44.6 Å². The molecule has 1 aromatic heterocycles. The normalized spacial score (nSPS) is 14.9. The lowest BCUT2D eigenvalue weighted by Gasteiger charge is -2.22. The van der Waals surface area contributed by atoms with Crippen LogP contribution in [0, 0.1) is 0 Å². The van der Waals surface area contributed by atoms with Gasteiger partial charge < -0.3 is 4.90 Å². The molecule has 0 bridgehead atoms. The summed E-state index contributed by atoms with van der Waals surface area (Å²) in [5.74, 6) is -0.437. The fourth-order valence-electron chi connectivity index (χ4n) is 5.96. The van der Waals surface area contributed by atoms with Gasteiger partial charge in [-0.3, -0.25) is 4.55 Å². The van der Waals surface area contributed by atoms with E-state index >= 15 is 0 Å². The second kappa shape index (κ2) is 14.7. The van der Waals surface area contributed by atoms with Crippen LogP contribution in [0.15, 0.2) is 94.4 Å². The Morgan fingerprint density at radius 2 is 1.62 bits per heavy atom. The highest BCUT2D eigenvalue weighted by Crippen LogP contribution is 2.50. The molecular formula is C35H38N3O6S4+. The zero-order valence-electron chi connectivity index (χ0n) is 26.8. The summed E-state index contributed by atoms with van der Waals surface area (Å²) in [6, 6.07) is 24.8. The van der Waals surface area contributed by atoms with Crippen LogP contribution in [0.2, 0.25) is 0 Å². The van der Waals surface area contributed by atoms with Crippen molar-refractivity contribution in [2.24, 2.45) is 0 Å². The van der Waals surface area contributed by atoms with Crippen LogP contribution in [-0.4, -0.2) is 46.0 Å². The smallest absolute Gasteiger partial charge is 0.283 e. The Bertz CT molecular complexity index is 2260. The second-order valence-corrected chi connectivity index (χ2v) is 16.9. The van der Waals surface area contributed by atoms with Crippen LogP contribution in [-0.2, 0) is 31.1 Å². The Morgan fingerprint density at radius 3 is 2.35 bits per heavy atom. The molecule has 13 heteroatoms. The van der Waals surface area contributed by atoms with Crippen LogP contribution < -0.4 is 14.9 Å². The fourth-order valence-corrected chi connectivity index (χ4v) is 9.68.